The molecule has 0 bridgehead atoms. The van der Waals surface area contributed by atoms with E-state index in [1.807, 2.05) is 4.90 Å². The molecule has 1 N–H and O–H groups in total. The molecule has 3 rings (SSSR count). The number of hydrogen-bond donors (Lipinski definition) is 1. The van der Waals surface area contributed by atoms with Crippen molar-refractivity contribution in [3.05, 3.63) is 47.3 Å². The first kappa shape index (κ1) is 20.1. The maximum atomic E-state index is 12.9. The first-order chi connectivity index (χ1) is 13.3. The highest BCUT2D eigenvalue weighted by molar-refractivity contribution is 6.03. The Morgan fingerprint density at radius 3 is 2.50 bits per heavy atom. The molecule has 150 valence electrons. The average Bonchev–Trinajstić information content (AvgIpc) is 2.67. The van der Waals surface area contributed by atoms with Crippen molar-refractivity contribution < 1.29 is 18.0 Å². The first-order valence-electron chi connectivity index (χ1n) is 9.08. The van der Waals surface area contributed by atoms with E-state index >= 15 is 0 Å². The van der Waals surface area contributed by atoms with E-state index in [4.69, 9.17) is 0 Å². The number of anilines is 2. The lowest BCUT2D eigenvalue weighted by atomic mass is 10.2. The molecule has 1 saturated heterocycles. The number of piperazine rings is 1. The van der Waals surface area contributed by atoms with Gasteiger partial charge in [0.05, 0.1) is 5.56 Å². The molecule has 1 aliphatic heterocycles. The van der Waals surface area contributed by atoms with Gasteiger partial charge in [0, 0.05) is 37.6 Å². The summed E-state index contributed by atoms with van der Waals surface area (Å²) in [6, 6.07) is 6.04. The third-order valence-corrected chi connectivity index (χ3v) is 4.63. The predicted molar refractivity (Wildman–Crippen MR) is 100 cm³/mol. The fourth-order valence-corrected chi connectivity index (χ4v) is 3.04. The second-order valence-corrected chi connectivity index (χ2v) is 6.65. The zero-order valence-corrected chi connectivity index (χ0v) is 15.8. The van der Waals surface area contributed by atoms with Crippen LogP contribution in [0.5, 0.6) is 0 Å². The monoisotopic (exact) mass is 393 g/mol. The topological polar surface area (TPSA) is 61.4 Å². The molecule has 28 heavy (non-hydrogen) atoms. The van der Waals surface area contributed by atoms with Crippen LogP contribution in [0.4, 0.5) is 24.8 Å². The lowest BCUT2D eigenvalue weighted by Gasteiger charge is -2.34. The van der Waals surface area contributed by atoms with Crippen molar-refractivity contribution in [1.82, 2.24) is 14.9 Å². The first-order valence-corrected chi connectivity index (χ1v) is 9.08. The lowest BCUT2D eigenvalue weighted by Crippen LogP contribution is -2.47. The predicted octanol–water partition coefficient (Wildman–Crippen LogP) is 3.20. The summed E-state index contributed by atoms with van der Waals surface area (Å²) in [4.78, 5) is 25.6. The van der Waals surface area contributed by atoms with Crippen molar-refractivity contribution >= 4 is 17.5 Å². The van der Waals surface area contributed by atoms with E-state index in [9.17, 15) is 18.0 Å². The number of amides is 1. The number of nitrogens with one attached hydrogen (secondary N) is 1. The number of aryl methyl sites for hydroxylation is 1. The Morgan fingerprint density at radius 2 is 1.86 bits per heavy atom. The average molecular weight is 393 g/mol. The lowest BCUT2D eigenvalue weighted by molar-refractivity contribution is -0.137. The van der Waals surface area contributed by atoms with E-state index in [2.05, 4.69) is 27.1 Å². The molecule has 1 aromatic carbocycles. The number of likely N-dealkylation sites (N-methyl/N-ethyl adjacent to an activating group) is 1. The van der Waals surface area contributed by atoms with Gasteiger partial charge in [0.2, 0.25) is 5.95 Å². The summed E-state index contributed by atoms with van der Waals surface area (Å²) in [6.45, 7) is 8.13. The summed E-state index contributed by atoms with van der Waals surface area (Å²) < 4.78 is 38.6. The Morgan fingerprint density at radius 1 is 1.14 bits per heavy atom. The molecule has 1 aromatic heterocycles. The van der Waals surface area contributed by atoms with Crippen molar-refractivity contribution in [3.63, 3.8) is 0 Å². The van der Waals surface area contributed by atoms with E-state index in [0.29, 0.717) is 11.6 Å². The molecule has 1 fully saturated rings. The highest BCUT2D eigenvalue weighted by Crippen LogP contribution is 2.30. The van der Waals surface area contributed by atoms with Gasteiger partial charge < -0.3 is 15.1 Å². The number of hydrogen-bond acceptors (Lipinski definition) is 5. The Balaban J connectivity index is 1.76. The molecule has 2 aromatic rings. The van der Waals surface area contributed by atoms with Crippen LogP contribution in [0.25, 0.3) is 0 Å². The zero-order chi connectivity index (χ0) is 20.3. The number of aromatic nitrogens is 2. The molecule has 0 atom stereocenters. The van der Waals surface area contributed by atoms with E-state index in [1.165, 1.54) is 18.2 Å². The minimum Gasteiger partial charge on any atom is -0.338 e. The molecule has 2 heterocycles. The van der Waals surface area contributed by atoms with Gasteiger partial charge >= 0.3 is 6.18 Å². The minimum atomic E-state index is -4.47. The van der Waals surface area contributed by atoms with Crippen LogP contribution in [0.1, 0.15) is 28.7 Å². The third-order valence-electron chi connectivity index (χ3n) is 4.63. The summed E-state index contributed by atoms with van der Waals surface area (Å²) in [7, 11) is 0. The van der Waals surface area contributed by atoms with Gasteiger partial charge in [-0.15, -0.1) is 0 Å². The molecule has 6 nitrogen and oxygen atoms in total. The summed E-state index contributed by atoms with van der Waals surface area (Å²) >= 11 is 0. The normalized spacial score (nSPS) is 15.5. The van der Waals surface area contributed by atoms with Crippen molar-refractivity contribution in [2.24, 2.45) is 0 Å². The number of halogens is 3. The highest BCUT2D eigenvalue weighted by atomic mass is 19.4. The van der Waals surface area contributed by atoms with Gasteiger partial charge in [-0.2, -0.15) is 13.2 Å². The number of carbonyl (C=O) groups excluding carboxylic acids is 1. The zero-order valence-electron chi connectivity index (χ0n) is 15.8. The number of alkyl halides is 3. The molecular formula is C19H22F3N5O. The Hall–Kier alpha value is -2.68. The van der Waals surface area contributed by atoms with Crippen LogP contribution in [0, 0.1) is 6.92 Å². The molecule has 1 amide bonds. The smallest absolute Gasteiger partial charge is 0.338 e. The van der Waals surface area contributed by atoms with E-state index in [-0.39, 0.29) is 11.4 Å². The summed E-state index contributed by atoms with van der Waals surface area (Å²) in [5.41, 5.74) is -0.0113. The second kappa shape index (κ2) is 8.14. The number of nitrogens with zero attached hydrogens (tertiary/aromatic N) is 4. The Bertz CT molecular complexity index is 848. The second-order valence-electron chi connectivity index (χ2n) is 6.65. The van der Waals surface area contributed by atoms with Crippen LogP contribution < -0.4 is 10.2 Å². The summed E-state index contributed by atoms with van der Waals surface area (Å²) in [5, 5.41) is 2.49. The quantitative estimate of drug-likeness (QED) is 0.865. The fourth-order valence-electron chi connectivity index (χ4n) is 3.04. The van der Waals surface area contributed by atoms with Crippen molar-refractivity contribution in [2.45, 2.75) is 20.0 Å². The largest absolute Gasteiger partial charge is 0.416 e. The van der Waals surface area contributed by atoms with Crippen LogP contribution in [0.3, 0.4) is 0 Å². The molecule has 0 radical (unpaired) electrons. The van der Waals surface area contributed by atoms with Crippen molar-refractivity contribution in [2.75, 3.05) is 42.9 Å². The van der Waals surface area contributed by atoms with Crippen LogP contribution >= 0.6 is 0 Å². The van der Waals surface area contributed by atoms with Crippen LogP contribution in [-0.4, -0.2) is 53.5 Å². The number of carbonyl (C=O) groups is 1. The van der Waals surface area contributed by atoms with Crippen LogP contribution in [-0.2, 0) is 6.18 Å². The maximum absolute atomic E-state index is 12.9. The molecule has 0 aliphatic carbocycles. The summed E-state index contributed by atoms with van der Waals surface area (Å²) in [6.07, 6.45) is -4.47. The van der Waals surface area contributed by atoms with Crippen molar-refractivity contribution in [1.29, 1.82) is 0 Å². The molecule has 0 spiro atoms. The Kier molecular flexibility index (Phi) is 5.83. The fraction of sp³-hybridized carbons (Fsp3) is 0.421. The third kappa shape index (κ3) is 4.78. The summed E-state index contributed by atoms with van der Waals surface area (Å²) in [5.74, 6) is -0.108. The van der Waals surface area contributed by atoms with Gasteiger partial charge in [0.15, 0.2) is 0 Å². The molecule has 9 heteroatoms. The van der Waals surface area contributed by atoms with Gasteiger partial charge in [-0.3, -0.25) is 4.79 Å². The van der Waals surface area contributed by atoms with Gasteiger partial charge in [-0.1, -0.05) is 13.0 Å². The molecule has 1 aliphatic rings. The van der Waals surface area contributed by atoms with Gasteiger partial charge in [0.1, 0.15) is 5.69 Å². The van der Waals surface area contributed by atoms with E-state index < -0.39 is 17.6 Å². The number of rotatable bonds is 4. The van der Waals surface area contributed by atoms with Gasteiger partial charge in [-0.25, -0.2) is 9.97 Å². The highest BCUT2D eigenvalue weighted by Gasteiger charge is 2.30. The molecule has 0 saturated carbocycles. The Labute approximate surface area is 161 Å². The van der Waals surface area contributed by atoms with Crippen LogP contribution in [0.2, 0.25) is 0 Å². The van der Waals surface area contributed by atoms with Crippen LogP contribution in [0.15, 0.2) is 30.3 Å². The van der Waals surface area contributed by atoms with E-state index in [1.54, 1.807) is 6.92 Å². The van der Waals surface area contributed by atoms with Gasteiger partial charge in [-0.05, 0) is 37.7 Å². The maximum Gasteiger partial charge on any atom is 0.416 e. The SMILES string of the molecule is CCN1CCN(c2nc(C)cc(C(=O)Nc3cccc(C(F)(F)F)c3)n2)CC1. The van der Waals surface area contributed by atoms with E-state index in [0.717, 1.165) is 44.9 Å². The standard InChI is InChI=1S/C19H22F3N5O/c1-3-26-7-9-27(10-8-26)18-23-13(2)11-16(25-18)17(28)24-15-6-4-5-14(12-15)19(20,21)22/h4-6,11-12H,3,7-10H2,1-2H3,(H,24,28). The molecule has 0 unspecified atom stereocenters. The van der Waals surface area contributed by atoms with Gasteiger partial charge in [0.25, 0.3) is 5.91 Å². The minimum absolute atomic E-state index is 0.0641. The molecular weight excluding hydrogens is 371 g/mol. The number of benzene rings is 1. The van der Waals surface area contributed by atoms with Crippen molar-refractivity contribution in [3.8, 4) is 0 Å².